The highest BCUT2D eigenvalue weighted by Crippen LogP contribution is 2.04. The molecule has 0 spiro atoms. The Hall–Kier alpha value is -3.14. The molecular weight excluding hydrogens is 395 g/mol. The van der Waals surface area contributed by atoms with Crippen LogP contribution < -0.4 is 16.0 Å². The number of amides is 3. The summed E-state index contributed by atoms with van der Waals surface area (Å²) in [5.74, 6) is -3.17. The molecule has 0 heterocycles. The molecule has 0 saturated heterocycles. The Labute approximate surface area is 173 Å². The van der Waals surface area contributed by atoms with Crippen molar-refractivity contribution in [2.24, 2.45) is 5.92 Å². The number of benzene rings is 1. The zero-order chi connectivity index (χ0) is 22.7. The van der Waals surface area contributed by atoms with E-state index >= 15 is 0 Å². The van der Waals surface area contributed by atoms with Crippen LogP contribution in [-0.4, -0.2) is 53.5 Å². The first-order valence-corrected chi connectivity index (χ1v) is 9.45. The molecule has 1 aromatic rings. The van der Waals surface area contributed by atoms with Crippen molar-refractivity contribution in [3.05, 3.63) is 35.6 Å². The molecule has 0 aliphatic carbocycles. The van der Waals surface area contributed by atoms with Crippen LogP contribution in [0, 0.1) is 17.1 Å². The number of rotatable bonds is 12. The normalized spacial score (nSPS) is 12.6. The van der Waals surface area contributed by atoms with Gasteiger partial charge in [0.25, 0.3) is 0 Å². The summed E-state index contributed by atoms with van der Waals surface area (Å²) in [6.45, 7) is 2.64. The maximum Gasteiger partial charge on any atom is 0.245 e. The number of hydrogen-bond acceptors (Lipinski definition) is 6. The molecule has 30 heavy (non-hydrogen) atoms. The van der Waals surface area contributed by atoms with Crippen LogP contribution in [0.4, 0.5) is 4.39 Å². The predicted octanol–water partition coefficient (Wildman–Crippen LogP) is 0.0587. The van der Waals surface area contributed by atoms with Crippen LogP contribution in [0.2, 0.25) is 0 Å². The molecule has 0 unspecified atom stereocenters. The Morgan fingerprint density at radius 1 is 1.03 bits per heavy atom. The van der Waals surface area contributed by atoms with Crippen LogP contribution in [0.25, 0.3) is 0 Å². The summed E-state index contributed by atoms with van der Waals surface area (Å²) >= 11 is 0. The molecule has 5 N–H and O–H groups in total. The molecule has 0 saturated carbocycles. The lowest BCUT2D eigenvalue weighted by atomic mass is 10.1. The quantitative estimate of drug-likeness (QED) is 0.302. The second-order valence-corrected chi connectivity index (χ2v) is 6.95. The van der Waals surface area contributed by atoms with Gasteiger partial charge in [-0.3, -0.25) is 19.2 Å². The first kappa shape index (κ1) is 24.9. The minimum absolute atomic E-state index is 0.0670. The van der Waals surface area contributed by atoms with E-state index in [2.05, 4.69) is 16.0 Å². The molecular formula is C20H27FN4O5. The molecule has 164 valence electrons. The van der Waals surface area contributed by atoms with Crippen molar-refractivity contribution in [2.45, 2.75) is 45.3 Å². The van der Waals surface area contributed by atoms with Crippen molar-refractivity contribution in [3.8, 4) is 0 Å². The summed E-state index contributed by atoms with van der Waals surface area (Å²) in [5.41, 5.74) is 0.628. The molecule has 2 atom stereocenters. The standard InChI is InChI=1S/C20H27FN4O5/c1-12(2)18(28)25-17(11-26)20(30)24-16(8-7-15(27)9-22)19(29)23-10-13-3-5-14(21)6-4-13/h3-6,9,12,16-17,22,26H,7-8,10-11H2,1-2H3,(H,23,29)(H,24,30)(H,25,28)/t16-,17-/m0/s1. The van der Waals surface area contributed by atoms with Crippen LogP contribution in [-0.2, 0) is 25.7 Å². The van der Waals surface area contributed by atoms with E-state index in [-0.39, 0.29) is 19.4 Å². The van der Waals surface area contributed by atoms with E-state index in [9.17, 15) is 28.7 Å². The van der Waals surface area contributed by atoms with Crippen LogP contribution in [0.1, 0.15) is 32.3 Å². The number of nitrogens with one attached hydrogen (secondary N) is 4. The minimum atomic E-state index is -1.26. The Bertz CT molecular complexity index is 767. The van der Waals surface area contributed by atoms with E-state index < -0.39 is 53.9 Å². The molecule has 0 fully saturated rings. The summed E-state index contributed by atoms with van der Waals surface area (Å²) in [6, 6.07) is 3.08. The van der Waals surface area contributed by atoms with Gasteiger partial charge in [-0.2, -0.15) is 0 Å². The van der Waals surface area contributed by atoms with E-state index in [1.165, 1.54) is 24.3 Å². The van der Waals surface area contributed by atoms with Crippen molar-refractivity contribution in [3.63, 3.8) is 0 Å². The summed E-state index contributed by atoms with van der Waals surface area (Å²) in [7, 11) is 0. The number of Topliss-reactive ketones (excluding diaryl/α,β-unsaturated/α-hetero) is 1. The fourth-order valence-electron chi connectivity index (χ4n) is 2.35. The van der Waals surface area contributed by atoms with Gasteiger partial charge in [0, 0.05) is 18.9 Å². The summed E-state index contributed by atoms with van der Waals surface area (Å²) in [5, 5.41) is 23.8. The zero-order valence-electron chi connectivity index (χ0n) is 16.9. The van der Waals surface area contributed by atoms with Gasteiger partial charge in [-0.25, -0.2) is 4.39 Å². The third-order valence-electron chi connectivity index (χ3n) is 4.19. The molecule has 10 heteroatoms. The van der Waals surface area contributed by atoms with Crippen LogP contribution in [0.15, 0.2) is 24.3 Å². The van der Waals surface area contributed by atoms with Gasteiger partial charge < -0.3 is 26.5 Å². The molecule has 0 aliphatic rings. The topological polar surface area (TPSA) is 148 Å². The lowest BCUT2D eigenvalue weighted by molar-refractivity contribution is -0.134. The maximum absolute atomic E-state index is 13.0. The monoisotopic (exact) mass is 422 g/mol. The van der Waals surface area contributed by atoms with Gasteiger partial charge in [0.05, 0.1) is 12.8 Å². The SMILES string of the molecule is CC(C)C(=O)N[C@@H](CO)C(=O)N[C@@H](CCC(=O)C=N)C(=O)NCc1ccc(F)cc1. The molecule has 1 rings (SSSR count). The maximum atomic E-state index is 13.0. The number of aliphatic hydroxyl groups excluding tert-OH is 1. The molecule has 0 bridgehead atoms. The fourth-order valence-corrected chi connectivity index (χ4v) is 2.35. The molecule has 9 nitrogen and oxygen atoms in total. The summed E-state index contributed by atoms with van der Waals surface area (Å²) in [6.07, 6.45) is 0.390. The highest BCUT2D eigenvalue weighted by Gasteiger charge is 2.27. The van der Waals surface area contributed by atoms with Crippen molar-refractivity contribution in [1.82, 2.24) is 16.0 Å². The molecule has 3 amide bonds. The molecule has 1 aromatic carbocycles. The predicted molar refractivity (Wildman–Crippen MR) is 107 cm³/mol. The third-order valence-corrected chi connectivity index (χ3v) is 4.19. The zero-order valence-corrected chi connectivity index (χ0v) is 16.9. The average Bonchev–Trinajstić information content (AvgIpc) is 2.73. The second-order valence-electron chi connectivity index (χ2n) is 6.95. The van der Waals surface area contributed by atoms with Gasteiger partial charge in [0.2, 0.25) is 17.7 Å². The van der Waals surface area contributed by atoms with E-state index in [1.54, 1.807) is 13.8 Å². The smallest absolute Gasteiger partial charge is 0.245 e. The van der Waals surface area contributed by atoms with Gasteiger partial charge in [0.15, 0.2) is 5.78 Å². The number of carbonyl (C=O) groups excluding carboxylic acids is 4. The van der Waals surface area contributed by atoms with Crippen LogP contribution >= 0.6 is 0 Å². The minimum Gasteiger partial charge on any atom is -0.394 e. The Morgan fingerprint density at radius 3 is 2.17 bits per heavy atom. The number of hydrogen-bond donors (Lipinski definition) is 5. The molecule has 0 aromatic heterocycles. The third kappa shape index (κ3) is 8.48. The van der Waals surface area contributed by atoms with E-state index in [4.69, 9.17) is 5.41 Å². The highest BCUT2D eigenvalue weighted by atomic mass is 19.1. The van der Waals surface area contributed by atoms with Crippen molar-refractivity contribution in [2.75, 3.05) is 6.61 Å². The van der Waals surface area contributed by atoms with Crippen LogP contribution in [0.3, 0.4) is 0 Å². The summed E-state index contributed by atoms with van der Waals surface area (Å²) in [4.78, 5) is 48.2. The van der Waals surface area contributed by atoms with Gasteiger partial charge >= 0.3 is 0 Å². The van der Waals surface area contributed by atoms with E-state index in [0.29, 0.717) is 11.8 Å². The van der Waals surface area contributed by atoms with Crippen molar-refractivity contribution >= 4 is 29.7 Å². The molecule has 0 radical (unpaired) electrons. The van der Waals surface area contributed by atoms with Gasteiger partial charge in [-0.05, 0) is 24.1 Å². The number of aliphatic hydroxyl groups is 1. The lowest BCUT2D eigenvalue weighted by Gasteiger charge is -2.22. The Balaban J connectivity index is 2.81. The van der Waals surface area contributed by atoms with Crippen molar-refractivity contribution in [1.29, 1.82) is 5.41 Å². The average molecular weight is 422 g/mol. The van der Waals surface area contributed by atoms with Crippen molar-refractivity contribution < 1.29 is 28.7 Å². The second kappa shape index (κ2) is 12.4. The largest absolute Gasteiger partial charge is 0.394 e. The fraction of sp³-hybridized carbons (Fsp3) is 0.450. The highest BCUT2D eigenvalue weighted by molar-refractivity contribution is 6.26. The first-order chi connectivity index (χ1) is 14.2. The number of carbonyl (C=O) groups is 4. The number of halogens is 1. The lowest BCUT2D eigenvalue weighted by Crippen LogP contribution is -2.55. The van der Waals surface area contributed by atoms with Gasteiger partial charge in [0.1, 0.15) is 17.9 Å². The van der Waals surface area contributed by atoms with E-state index in [0.717, 1.165) is 0 Å². The van der Waals surface area contributed by atoms with E-state index in [1.807, 2.05) is 0 Å². The van der Waals surface area contributed by atoms with Gasteiger partial charge in [-0.1, -0.05) is 26.0 Å². The Kier molecular flexibility index (Phi) is 10.3. The Morgan fingerprint density at radius 2 is 1.63 bits per heavy atom. The first-order valence-electron chi connectivity index (χ1n) is 9.45. The number of ketones is 1. The van der Waals surface area contributed by atoms with Gasteiger partial charge in [-0.15, -0.1) is 0 Å². The summed E-state index contributed by atoms with van der Waals surface area (Å²) < 4.78 is 13.0. The van der Waals surface area contributed by atoms with Crippen LogP contribution in [0.5, 0.6) is 0 Å². The molecule has 0 aliphatic heterocycles.